The molecule has 1 nitrogen and oxygen atoms in total. The Bertz CT molecular complexity index is 9.61. The van der Waals surface area contributed by atoms with Crippen molar-refractivity contribution in [1.29, 1.82) is 0 Å². The minimum absolute atomic E-state index is 0. The van der Waals surface area contributed by atoms with E-state index in [0.717, 1.165) is 0 Å². The van der Waals surface area contributed by atoms with Crippen molar-refractivity contribution in [2.24, 2.45) is 0 Å². The van der Waals surface area contributed by atoms with Crippen LogP contribution in [0.25, 0.3) is 0 Å². The summed E-state index contributed by atoms with van der Waals surface area (Å²) >= 11 is 0. The first-order valence-electron chi connectivity index (χ1n) is 0. The molecule has 5 heteroatoms. The van der Waals surface area contributed by atoms with Gasteiger partial charge in [-0.15, -0.1) is 0 Å². The maximum absolute atomic E-state index is 0. The fourth-order valence-corrected chi connectivity index (χ4v) is 0. The van der Waals surface area contributed by atoms with Crippen LogP contribution < -0.4 is 0 Å². The molecule has 5 heavy (non-hydrogen) atoms. The van der Waals surface area contributed by atoms with E-state index in [9.17, 15) is 0 Å². The Hall–Kier alpha value is 3.06. The quantitative estimate of drug-likeness (QED) is 0.457. The van der Waals surface area contributed by atoms with E-state index in [1.165, 1.54) is 0 Å². The van der Waals surface area contributed by atoms with Gasteiger partial charge in [-0.3, -0.25) is 0 Å². The third-order valence-corrected chi connectivity index (χ3v) is 0. The Kier molecular flexibility index (Phi) is 237. The third kappa shape index (κ3) is 19.3. The van der Waals surface area contributed by atoms with Gasteiger partial charge in [0.1, 0.15) is 0 Å². The van der Waals surface area contributed by atoms with E-state index in [1.54, 1.807) is 0 Å². The van der Waals surface area contributed by atoms with Crippen molar-refractivity contribution >= 4 is 51.7 Å². The summed E-state index contributed by atoms with van der Waals surface area (Å²) in [4.78, 5) is 0. The second-order valence-electron chi connectivity index (χ2n) is 0. The molecule has 0 heterocycles. The molecule has 0 aliphatic rings. The van der Waals surface area contributed by atoms with E-state index < -0.39 is 0 Å². The van der Waals surface area contributed by atoms with Crippen LogP contribution >= 0.6 is 0 Å². The fourth-order valence-electron chi connectivity index (χ4n) is 0. The third-order valence-electron chi connectivity index (χ3n) is 0. The summed E-state index contributed by atoms with van der Waals surface area (Å²) in [5.74, 6) is 0. The molecule has 0 rings (SSSR count). The van der Waals surface area contributed by atoms with Gasteiger partial charge in [-0.25, -0.2) is 0 Å². The minimum atomic E-state index is 0. The van der Waals surface area contributed by atoms with Crippen molar-refractivity contribution in [3.63, 3.8) is 0 Å². The Morgan fingerprint density at radius 2 is 0.800 bits per heavy atom. The Labute approximate surface area is 97.2 Å². The zero-order chi connectivity index (χ0) is 0. The standard InChI is InChI=1S/Ag.2In.O.Zn/q+1;2*+3;-2;+2. The molecule has 0 bridgehead atoms. The van der Waals surface area contributed by atoms with Crippen molar-refractivity contribution in [1.82, 2.24) is 0 Å². The zero-order valence-corrected chi connectivity index (χ0v) is 13.6. The molecule has 0 aliphatic carbocycles. The second kappa shape index (κ2) is 27.7. The molecular formula is AgIn2OZn+7. The van der Waals surface area contributed by atoms with Crippen LogP contribution in [0.3, 0.4) is 0 Å². The molecule has 0 aromatic carbocycles. The molecule has 0 radical (unpaired) electrons. The SMILES string of the molecule is [Ag+].[In+3].[In+3].[O-2].[Zn+2]. The summed E-state index contributed by atoms with van der Waals surface area (Å²) < 4.78 is 0. The average Bonchev–Trinajstić information content (AvgIpc) is 0. The minimum Gasteiger partial charge on any atom is -2.00 e. The van der Waals surface area contributed by atoms with Crippen molar-refractivity contribution in [3.05, 3.63) is 0 Å². The van der Waals surface area contributed by atoms with E-state index in [-0.39, 0.29) is 99.0 Å². The molecule has 0 aliphatic heterocycles. The fraction of sp³-hybridized carbons (Fsp3) is 0. The normalized spacial score (nSPS) is 0. The molecule has 0 aromatic heterocycles. The smallest absolute Gasteiger partial charge is 2.00 e. The molecule has 0 unspecified atom stereocenters. The van der Waals surface area contributed by atoms with Gasteiger partial charge in [0.25, 0.3) is 0 Å². The molecule has 18 valence electrons. The van der Waals surface area contributed by atoms with Gasteiger partial charge in [0.05, 0.1) is 0 Å². The van der Waals surface area contributed by atoms with E-state index in [2.05, 4.69) is 0 Å². The van der Waals surface area contributed by atoms with E-state index in [1.807, 2.05) is 0 Å². The van der Waals surface area contributed by atoms with Crippen LogP contribution in [0.2, 0.25) is 0 Å². The second-order valence-corrected chi connectivity index (χ2v) is 0. The summed E-state index contributed by atoms with van der Waals surface area (Å²) in [5.41, 5.74) is 0. The molecule has 0 spiro atoms. The Balaban J connectivity index is 0. The van der Waals surface area contributed by atoms with Crippen molar-refractivity contribution in [3.8, 4) is 0 Å². The van der Waals surface area contributed by atoms with Crippen molar-refractivity contribution in [2.45, 2.75) is 0 Å². The first-order chi connectivity index (χ1) is 0. The molecule has 0 N–H and O–H groups in total. The summed E-state index contributed by atoms with van der Waals surface area (Å²) in [7, 11) is 0. The predicted octanol–water partition coefficient (Wildman–Crippen LogP) is -0.885. The van der Waals surface area contributed by atoms with E-state index >= 15 is 0 Å². The van der Waals surface area contributed by atoms with Crippen LogP contribution in [0.1, 0.15) is 0 Å². The Morgan fingerprint density at radius 1 is 0.800 bits per heavy atom. The van der Waals surface area contributed by atoms with Crippen molar-refractivity contribution < 1.29 is 47.3 Å². The van der Waals surface area contributed by atoms with Gasteiger partial charge < -0.3 is 5.48 Å². The summed E-state index contributed by atoms with van der Waals surface area (Å²) in [5, 5.41) is 0. The zero-order valence-electron chi connectivity index (χ0n) is 2.57. The maximum Gasteiger partial charge on any atom is 3.00 e. The van der Waals surface area contributed by atoms with Crippen LogP contribution in [0.4, 0.5) is 0 Å². The van der Waals surface area contributed by atoms with Gasteiger partial charge in [0.2, 0.25) is 0 Å². The van der Waals surface area contributed by atoms with E-state index in [0.29, 0.717) is 0 Å². The van der Waals surface area contributed by atoms with Crippen LogP contribution in [0, 0.1) is 0 Å². The van der Waals surface area contributed by atoms with Gasteiger partial charge in [0.15, 0.2) is 0 Å². The average molecular weight is 419 g/mol. The van der Waals surface area contributed by atoms with Crippen LogP contribution in [-0.4, -0.2) is 51.7 Å². The number of rotatable bonds is 0. The van der Waals surface area contributed by atoms with E-state index in [4.69, 9.17) is 0 Å². The van der Waals surface area contributed by atoms with Crippen LogP contribution in [0.15, 0.2) is 0 Å². The Morgan fingerprint density at radius 3 is 0.800 bits per heavy atom. The van der Waals surface area contributed by atoms with Crippen LogP contribution in [0.5, 0.6) is 0 Å². The summed E-state index contributed by atoms with van der Waals surface area (Å²) in [6.07, 6.45) is 0. The molecule has 0 amide bonds. The molecule has 0 saturated carbocycles. The topological polar surface area (TPSA) is 28.5 Å². The van der Waals surface area contributed by atoms with Crippen molar-refractivity contribution in [2.75, 3.05) is 0 Å². The van der Waals surface area contributed by atoms with Gasteiger partial charge >= 0.3 is 93.5 Å². The summed E-state index contributed by atoms with van der Waals surface area (Å²) in [6, 6.07) is 0. The largest absolute Gasteiger partial charge is 3.00 e. The monoisotopic (exact) mass is 417 g/mol. The molecular weight excluding hydrogens is 419 g/mol. The molecule has 0 atom stereocenters. The first kappa shape index (κ1) is 42.9. The maximum atomic E-state index is 0. The summed E-state index contributed by atoms with van der Waals surface area (Å²) in [6.45, 7) is 0. The van der Waals surface area contributed by atoms with Crippen LogP contribution in [-0.2, 0) is 47.3 Å². The van der Waals surface area contributed by atoms with Gasteiger partial charge in [0, 0.05) is 0 Å². The van der Waals surface area contributed by atoms with Gasteiger partial charge in [-0.2, -0.15) is 0 Å². The predicted molar refractivity (Wildman–Crippen MR) is 12.2 cm³/mol. The number of hydrogen-bond donors (Lipinski definition) is 0. The molecule has 0 aromatic rings. The van der Waals surface area contributed by atoms with Gasteiger partial charge in [-0.05, 0) is 0 Å². The molecule has 0 fully saturated rings. The first-order valence-corrected chi connectivity index (χ1v) is 0. The number of hydrogen-bond acceptors (Lipinski definition) is 0. The van der Waals surface area contributed by atoms with Gasteiger partial charge in [-0.1, -0.05) is 0 Å². The molecule has 0 saturated heterocycles.